The highest BCUT2D eigenvalue weighted by atomic mass is 35.5. The Hall–Kier alpha value is -1.31. The van der Waals surface area contributed by atoms with Crippen LogP contribution in [0.4, 0.5) is 0 Å². The van der Waals surface area contributed by atoms with Crippen LogP contribution in [0.3, 0.4) is 0 Å². The molecule has 1 fully saturated rings. The van der Waals surface area contributed by atoms with Crippen molar-refractivity contribution >= 4 is 11.6 Å². The van der Waals surface area contributed by atoms with Crippen LogP contribution in [0.15, 0.2) is 48.5 Å². The summed E-state index contributed by atoms with van der Waals surface area (Å²) in [6.45, 7) is 2.10. The second kappa shape index (κ2) is 4.99. The van der Waals surface area contributed by atoms with Crippen LogP contribution < -0.4 is 5.73 Å². The Kier molecular flexibility index (Phi) is 3.34. The summed E-state index contributed by atoms with van der Waals surface area (Å²) < 4.78 is 0. The molecule has 1 nitrogen and oxygen atoms in total. The highest BCUT2D eigenvalue weighted by Gasteiger charge is 2.43. The lowest BCUT2D eigenvalue weighted by Gasteiger charge is -2.15. The number of hydrogen-bond donors (Lipinski definition) is 1. The van der Waals surface area contributed by atoms with Gasteiger partial charge < -0.3 is 5.73 Å². The summed E-state index contributed by atoms with van der Waals surface area (Å²) in [7, 11) is 0. The molecule has 1 aliphatic carbocycles. The molecule has 2 aromatic rings. The Bertz CT molecular complexity index is 579. The minimum absolute atomic E-state index is 0.0870. The zero-order valence-corrected chi connectivity index (χ0v) is 11.8. The van der Waals surface area contributed by atoms with Crippen molar-refractivity contribution < 1.29 is 0 Å². The predicted molar refractivity (Wildman–Crippen MR) is 80.4 cm³/mol. The van der Waals surface area contributed by atoms with E-state index in [9.17, 15) is 0 Å². The van der Waals surface area contributed by atoms with Crippen LogP contribution in [0.2, 0.25) is 5.02 Å². The molecule has 0 amide bonds. The number of aryl methyl sites for hydroxylation is 1. The molecule has 0 aliphatic heterocycles. The molecule has 3 rings (SSSR count). The van der Waals surface area contributed by atoms with E-state index in [1.54, 1.807) is 0 Å². The first kappa shape index (κ1) is 12.7. The van der Waals surface area contributed by atoms with Gasteiger partial charge in [0.25, 0.3) is 0 Å². The SMILES string of the molecule is Cc1ccc(Cl)cc1C(N)C1CC1c1ccccc1. The van der Waals surface area contributed by atoms with E-state index >= 15 is 0 Å². The molecular formula is C17H18ClN. The maximum Gasteiger partial charge on any atom is 0.0409 e. The van der Waals surface area contributed by atoms with Gasteiger partial charge in [0, 0.05) is 11.1 Å². The maximum atomic E-state index is 6.44. The average Bonchev–Trinajstić information content (AvgIpc) is 3.22. The summed E-state index contributed by atoms with van der Waals surface area (Å²) in [4.78, 5) is 0. The second-order valence-corrected chi connectivity index (χ2v) is 5.88. The molecule has 3 unspecified atom stereocenters. The van der Waals surface area contributed by atoms with Crippen LogP contribution in [0, 0.1) is 12.8 Å². The van der Waals surface area contributed by atoms with Crippen molar-refractivity contribution in [2.45, 2.75) is 25.3 Å². The second-order valence-electron chi connectivity index (χ2n) is 5.44. The van der Waals surface area contributed by atoms with Gasteiger partial charge in [-0.25, -0.2) is 0 Å². The quantitative estimate of drug-likeness (QED) is 0.877. The molecule has 98 valence electrons. The molecule has 19 heavy (non-hydrogen) atoms. The molecule has 2 heteroatoms. The van der Waals surface area contributed by atoms with Gasteiger partial charge in [0.05, 0.1) is 0 Å². The average molecular weight is 272 g/mol. The number of hydrogen-bond acceptors (Lipinski definition) is 1. The van der Waals surface area contributed by atoms with Crippen molar-refractivity contribution in [3.63, 3.8) is 0 Å². The predicted octanol–water partition coefficient (Wildman–Crippen LogP) is 4.45. The van der Waals surface area contributed by atoms with Gasteiger partial charge in [-0.3, -0.25) is 0 Å². The van der Waals surface area contributed by atoms with E-state index in [2.05, 4.69) is 43.3 Å². The summed E-state index contributed by atoms with van der Waals surface area (Å²) in [5, 5.41) is 0.771. The van der Waals surface area contributed by atoms with Crippen LogP contribution in [0.5, 0.6) is 0 Å². The Labute approximate surface area is 119 Å². The molecule has 0 aromatic heterocycles. The number of benzene rings is 2. The van der Waals surface area contributed by atoms with Crippen molar-refractivity contribution in [3.05, 3.63) is 70.2 Å². The highest BCUT2D eigenvalue weighted by molar-refractivity contribution is 6.30. The van der Waals surface area contributed by atoms with Gasteiger partial charge in [0.2, 0.25) is 0 Å². The van der Waals surface area contributed by atoms with Crippen LogP contribution in [-0.2, 0) is 0 Å². The Morgan fingerprint density at radius 3 is 2.63 bits per heavy atom. The topological polar surface area (TPSA) is 26.0 Å². The molecule has 0 saturated heterocycles. The van der Waals surface area contributed by atoms with Crippen molar-refractivity contribution in [1.82, 2.24) is 0 Å². The highest BCUT2D eigenvalue weighted by Crippen LogP contribution is 2.53. The van der Waals surface area contributed by atoms with E-state index < -0.39 is 0 Å². The molecule has 2 aromatic carbocycles. The first-order valence-corrected chi connectivity index (χ1v) is 7.11. The Morgan fingerprint density at radius 2 is 1.89 bits per heavy atom. The summed E-state index contributed by atoms with van der Waals surface area (Å²) in [5.41, 5.74) is 10.3. The lowest BCUT2D eigenvalue weighted by atomic mass is 9.96. The largest absolute Gasteiger partial charge is 0.324 e. The third-order valence-electron chi connectivity index (χ3n) is 4.13. The van der Waals surface area contributed by atoms with Crippen LogP contribution in [0.25, 0.3) is 0 Å². The van der Waals surface area contributed by atoms with E-state index in [1.807, 2.05) is 12.1 Å². The van der Waals surface area contributed by atoms with Gasteiger partial charge in [-0.05, 0) is 54.0 Å². The molecule has 1 aliphatic rings. The van der Waals surface area contributed by atoms with E-state index in [4.69, 9.17) is 17.3 Å². The van der Waals surface area contributed by atoms with Crippen LogP contribution >= 0.6 is 11.6 Å². The summed E-state index contributed by atoms with van der Waals surface area (Å²) in [6, 6.07) is 16.7. The van der Waals surface area contributed by atoms with Gasteiger partial charge in [0.15, 0.2) is 0 Å². The van der Waals surface area contributed by atoms with Crippen molar-refractivity contribution in [2.24, 2.45) is 11.7 Å². The smallest absolute Gasteiger partial charge is 0.0409 e. The molecule has 0 radical (unpaired) electrons. The van der Waals surface area contributed by atoms with Gasteiger partial charge >= 0.3 is 0 Å². The maximum absolute atomic E-state index is 6.44. The molecular weight excluding hydrogens is 254 g/mol. The zero-order chi connectivity index (χ0) is 13.4. The zero-order valence-electron chi connectivity index (χ0n) is 11.0. The molecule has 0 bridgehead atoms. The third-order valence-corrected chi connectivity index (χ3v) is 4.36. The van der Waals surface area contributed by atoms with E-state index in [-0.39, 0.29) is 6.04 Å². The number of rotatable bonds is 3. The normalized spacial score (nSPS) is 23.1. The van der Waals surface area contributed by atoms with Crippen LogP contribution in [-0.4, -0.2) is 0 Å². The van der Waals surface area contributed by atoms with E-state index in [0.717, 1.165) is 5.02 Å². The van der Waals surface area contributed by atoms with Gasteiger partial charge in [0.1, 0.15) is 0 Å². The van der Waals surface area contributed by atoms with Gasteiger partial charge in [-0.1, -0.05) is 48.0 Å². The Morgan fingerprint density at radius 1 is 1.16 bits per heavy atom. The fraction of sp³-hybridized carbons (Fsp3) is 0.294. The van der Waals surface area contributed by atoms with Crippen molar-refractivity contribution in [3.8, 4) is 0 Å². The lowest BCUT2D eigenvalue weighted by Crippen LogP contribution is -2.14. The van der Waals surface area contributed by atoms with E-state index in [1.165, 1.54) is 23.1 Å². The van der Waals surface area contributed by atoms with Gasteiger partial charge in [-0.2, -0.15) is 0 Å². The van der Waals surface area contributed by atoms with Gasteiger partial charge in [-0.15, -0.1) is 0 Å². The third kappa shape index (κ3) is 2.54. The molecule has 1 saturated carbocycles. The summed E-state index contributed by atoms with van der Waals surface area (Å²) in [5.74, 6) is 1.15. The minimum Gasteiger partial charge on any atom is -0.324 e. The summed E-state index contributed by atoms with van der Waals surface area (Å²) in [6.07, 6.45) is 1.18. The number of nitrogens with two attached hydrogens (primary N) is 1. The molecule has 3 atom stereocenters. The van der Waals surface area contributed by atoms with Crippen LogP contribution in [0.1, 0.15) is 35.1 Å². The lowest BCUT2D eigenvalue weighted by molar-refractivity contribution is 0.612. The molecule has 0 heterocycles. The minimum atomic E-state index is 0.0870. The summed E-state index contributed by atoms with van der Waals surface area (Å²) >= 11 is 6.08. The molecule has 0 spiro atoms. The first-order valence-electron chi connectivity index (χ1n) is 6.73. The fourth-order valence-electron chi connectivity index (χ4n) is 2.90. The van der Waals surface area contributed by atoms with Crippen molar-refractivity contribution in [2.75, 3.05) is 0 Å². The fourth-order valence-corrected chi connectivity index (χ4v) is 3.08. The Balaban J connectivity index is 1.80. The number of halogens is 1. The standard InChI is InChI=1S/C17H18ClN/c1-11-7-8-13(18)9-14(11)17(19)16-10-15(16)12-5-3-2-4-6-12/h2-9,15-17H,10,19H2,1H3. The van der Waals surface area contributed by atoms with Crippen molar-refractivity contribution in [1.29, 1.82) is 0 Å². The first-order chi connectivity index (χ1) is 9.16. The molecule has 2 N–H and O–H groups in total. The van der Waals surface area contributed by atoms with E-state index in [0.29, 0.717) is 11.8 Å². The monoisotopic (exact) mass is 271 g/mol.